The topological polar surface area (TPSA) is 92.5 Å². The van der Waals surface area contributed by atoms with E-state index in [0.717, 1.165) is 38.2 Å². The van der Waals surface area contributed by atoms with Gasteiger partial charge in [0.1, 0.15) is 10.8 Å². The van der Waals surface area contributed by atoms with Crippen LogP contribution in [-0.2, 0) is 11.3 Å². The molecule has 2 heterocycles. The van der Waals surface area contributed by atoms with Gasteiger partial charge in [0.05, 0.1) is 5.69 Å². The second-order valence-electron chi connectivity index (χ2n) is 8.59. The van der Waals surface area contributed by atoms with Crippen LogP contribution in [0.3, 0.4) is 0 Å². The van der Waals surface area contributed by atoms with Gasteiger partial charge in [-0.2, -0.15) is 0 Å². The van der Waals surface area contributed by atoms with Gasteiger partial charge in [0.2, 0.25) is 0 Å². The molecule has 1 fully saturated rings. The summed E-state index contributed by atoms with van der Waals surface area (Å²) in [7, 11) is 0. The van der Waals surface area contributed by atoms with Crippen molar-refractivity contribution in [2.24, 2.45) is 0 Å². The Bertz CT molecular complexity index is 859. The summed E-state index contributed by atoms with van der Waals surface area (Å²) in [5.74, 6) is 0.551. The van der Waals surface area contributed by atoms with Crippen LogP contribution in [0.1, 0.15) is 39.2 Å². The molecule has 0 aliphatic carbocycles. The molecule has 30 heavy (non-hydrogen) atoms. The van der Waals surface area contributed by atoms with Crippen molar-refractivity contribution in [3.05, 3.63) is 47.1 Å². The summed E-state index contributed by atoms with van der Waals surface area (Å²) in [6.45, 7) is 8.35. The number of hydrogen-bond donors (Lipinski definition) is 3. The molecule has 7 nitrogen and oxygen atoms in total. The van der Waals surface area contributed by atoms with E-state index in [1.807, 2.05) is 32.9 Å². The van der Waals surface area contributed by atoms with Crippen LogP contribution in [0.15, 0.2) is 36.4 Å². The van der Waals surface area contributed by atoms with Gasteiger partial charge in [-0.15, -0.1) is 0 Å². The highest BCUT2D eigenvalue weighted by atomic mass is 35.5. The number of nitrogens with one attached hydrogen (secondary N) is 2. The molecular weight excluding hydrogens is 402 g/mol. The maximum atomic E-state index is 11.9. The van der Waals surface area contributed by atoms with Crippen LogP contribution < -0.4 is 16.4 Å². The third-order valence-corrected chi connectivity index (χ3v) is 5.03. The van der Waals surface area contributed by atoms with E-state index in [4.69, 9.17) is 22.1 Å². The predicted molar refractivity (Wildman–Crippen MR) is 121 cm³/mol. The quantitative estimate of drug-likeness (QED) is 0.601. The number of amides is 1. The molecule has 3 rings (SSSR count). The molecule has 1 amide bonds. The summed E-state index contributed by atoms with van der Waals surface area (Å²) in [6.07, 6.45) is 1.50. The number of piperidine rings is 1. The number of likely N-dealkylation sites (tertiary alicyclic amines) is 1. The monoisotopic (exact) mass is 431 g/mol. The van der Waals surface area contributed by atoms with Crippen molar-refractivity contribution in [1.82, 2.24) is 15.2 Å². The molecule has 8 heteroatoms. The van der Waals surface area contributed by atoms with Crippen LogP contribution in [0.2, 0.25) is 5.15 Å². The number of aromatic nitrogens is 1. The van der Waals surface area contributed by atoms with Crippen molar-refractivity contribution in [3.8, 4) is 0 Å². The largest absolute Gasteiger partial charge is 0.444 e. The second-order valence-corrected chi connectivity index (χ2v) is 8.98. The lowest BCUT2D eigenvalue weighted by Gasteiger charge is -2.32. The Hall–Kier alpha value is -2.51. The SMILES string of the molecule is CC(C)(C)OC(=O)NC1CCN(Cc2ccc(Nc3nc(Cl)ccc3N)cc2)CC1. The number of nitrogens with two attached hydrogens (primary N) is 1. The molecule has 0 bridgehead atoms. The van der Waals surface area contributed by atoms with Crippen LogP contribution in [0, 0.1) is 0 Å². The summed E-state index contributed by atoms with van der Waals surface area (Å²) in [4.78, 5) is 18.5. The number of nitrogens with zero attached hydrogens (tertiary/aromatic N) is 2. The molecule has 0 atom stereocenters. The van der Waals surface area contributed by atoms with Gasteiger partial charge in [0, 0.05) is 31.4 Å². The minimum Gasteiger partial charge on any atom is -0.444 e. The van der Waals surface area contributed by atoms with E-state index in [2.05, 4.69) is 32.7 Å². The number of carbonyl (C=O) groups excluding carboxylic acids is 1. The predicted octanol–water partition coefficient (Wildman–Crippen LogP) is 4.55. The smallest absolute Gasteiger partial charge is 0.407 e. The lowest BCUT2D eigenvalue weighted by atomic mass is 10.0. The van der Waals surface area contributed by atoms with E-state index < -0.39 is 5.60 Å². The first-order valence-electron chi connectivity index (χ1n) is 10.2. The van der Waals surface area contributed by atoms with Crippen LogP contribution in [0.4, 0.5) is 22.0 Å². The molecule has 4 N–H and O–H groups in total. The third kappa shape index (κ3) is 6.78. The Morgan fingerprint density at radius 1 is 1.20 bits per heavy atom. The number of hydrogen-bond acceptors (Lipinski definition) is 6. The van der Waals surface area contributed by atoms with E-state index in [9.17, 15) is 4.79 Å². The fourth-order valence-electron chi connectivity index (χ4n) is 3.34. The standard InChI is InChI=1S/C22H30ClN5O2/c1-22(2,3)30-21(29)26-17-10-12-28(13-11-17)14-15-4-6-16(7-5-15)25-20-18(24)8-9-19(23)27-20/h4-9,17H,10-14,24H2,1-3H3,(H,25,27)(H,26,29). The first kappa shape index (κ1) is 22.2. The van der Waals surface area contributed by atoms with Crippen molar-refractivity contribution in [3.63, 3.8) is 0 Å². The second kappa shape index (κ2) is 9.53. The summed E-state index contributed by atoms with van der Waals surface area (Å²) >= 11 is 5.94. The Balaban J connectivity index is 1.46. The fourth-order valence-corrected chi connectivity index (χ4v) is 3.49. The van der Waals surface area contributed by atoms with Gasteiger partial charge >= 0.3 is 6.09 Å². The number of carbonyl (C=O) groups is 1. The minimum absolute atomic E-state index is 0.165. The Kier molecular flexibility index (Phi) is 7.05. The van der Waals surface area contributed by atoms with E-state index in [-0.39, 0.29) is 12.1 Å². The van der Waals surface area contributed by atoms with E-state index >= 15 is 0 Å². The maximum Gasteiger partial charge on any atom is 0.407 e. The molecular formula is C22H30ClN5O2. The molecule has 0 radical (unpaired) electrons. The molecule has 1 aliphatic rings. The maximum absolute atomic E-state index is 11.9. The van der Waals surface area contributed by atoms with E-state index in [1.165, 1.54) is 5.56 Å². The number of rotatable bonds is 5. The summed E-state index contributed by atoms with van der Waals surface area (Å²) < 4.78 is 5.34. The van der Waals surface area contributed by atoms with Crippen molar-refractivity contribution in [1.29, 1.82) is 0 Å². The lowest BCUT2D eigenvalue weighted by molar-refractivity contribution is 0.0477. The molecule has 1 aliphatic heterocycles. The van der Waals surface area contributed by atoms with E-state index in [1.54, 1.807) is 12.1 Å². The highest BCUT2D eigenvalue weighted by Gasteiger charge is 2.23. The van der Waals surface area contributed by atoms with Crippen molar-refractivity contribution in [2.45, 2.75) is 51.8 Å². The van der Waals surface area contributed by atoms with Crippen molar-refractivity contribution in [2.75, 3.05) is 24.1 Å². The fraction of sp³-hybridized carbons (Fsp3) is 0.455. The zero-order valence-electron chi connectivity index (χ0n) is 17.7. The average molecular weight is 432 g/mol. The summed E-state index contributed by atoms with van der Waals surface area (Å²) in [5, 5.41) is 6.57. The van der Waals surface area contributed by atoms with Crippen LogP contribution >= 0.6 is 11.6 Å². The number of ether oxygens (including phenoxy) is 1. The number of nitrogen functional groups attached to an aromatic ring is 1. The minimum atomic E-state index is -0.472. The van der Waals surface area contributed by atoms with E-state index in [0.29, 0.717) is 16.7 Å². The zero-order chi connectivity index (χ0) is 21.7. The molecule has 1 aromatic carbocycles. The summed E-state index contributed by atoms with van der Waals surface area (Å²) in [5.41, 5.74) is 8.14. The number of anilines is 3. The number of alkyl carbamates (subject to hydrolysis) is 1. The molecule has 1 saturated heterocycles. The number of pyridine rings is 1. The van der Waals surface area contributed by atoms with Crippen molar-refractivity contribution >= 4 is 34.9 Å². The summed E-state index contributed by atoms with van der Waals surface area (Å²) in [6, 6.07) is 11.8. The normalized spacial score (nSPS) is 15.6. The molecule has 0 spiro atoms. The van der Waals surface area contributed by atoms with Gasteiger partial charge in [-0.1, -0.05) is 23.7 Å². The molecule has 162 valence electrons. The number of benzene rings is 1. The molecule has 0 unspecified atom stereocenters. The molecule has 1 aromatic heterocycles. The van der Waals surface area contributed by atoms with Gasteiger partial charge in [-0.3, -0.25) is 4.90 Å². The van der Waals surface area contributed by atoms with Gasteiger partial charge < -0.3 is 21.1 Å². The van der Waals surface area contributed by atoms with Gasteiger partial charge in [-0.05, 0) is 63.4 Å². The first-order valence-corrected chi connectivity index (χ1v) is 10.6. The Labute approximate surface area is 182 Å². The lowest BCUT2D eigenvalue weighted by Crippen LogP contribution is -2.45. The van der Waals surface area contributed by atoms with Gasteiger partial charge in [-0.25, -0.2) is 9.78 Å². The van der Waals surface area contributed by atoms with Crippen LogP contribution in [0.25, 0.3) is 0 Å². The molecule has 2 aromatic rings. The first-order chi connectivity index (χ1) is 14.2. The average Bonchev–Trinajstić information content (AvgIpc) is 2.66. The molecule has 0 saturated carbocycles. The Morgan fingerprint density at radius 3 is 2.50 bits per heavy atom. The zero-order valence-corrected chi connectivity index (χ0v) is 18.5. The van der Waals surface area contributed by atoms with Crippen LogP contribution in [0.5, 0.6) is 0 Å². The Morgan fingerprint density at radius 2 is 1.87 bits per heavy atom. The number of halogens is 1. The van der Waals surface area contributed by atoms with Crippen LogP contribution in [-0.4, -0.2) is 40.7 Å². The van der Waals surface area contributed by atoms with Crippen molar-refractivity contribution < 1.29 is 9.53 Å². The van der Waals surface area contributed by atoms with Gasteiger partial charge in [0.15, 0.2) is 5.82 Å². The van der Waals surface area contributed by atoms with Gasteiger partial charge in [0.25, 0.3) is 0 Å². The third-order valence-electron chi connectivity index (χ3n) is 4.82. The highest BCUT2D eigenvalue weighted by molar-refractivity contribution is 6.29. The highest BCUT2D eigenvalue weighted by Crippen LogP contribution is 2.23.